The third-order valence-corrected chi connectivity index (χ3v) is 1.54. The highest BCUT2D eigenvalue weighted by Crippen LogP contribution is 2.14. The predicted molar refractivity (Wildman–Crippen MR) is 51.1 cm³/mol. The molecule has 0 saturated carbocycles. The fraction of sp³-hybridized carbons (Fsp3) is 0.375. The largest absolute Gasteiger partial charge is 0.392 e. The van der Waals surface area contributed by atoms with Crippen LogP contribution in [0.5, 0.6) is 0 Å². The van der Waals surface area contributed by atoms with Crippen LogP contribution in [0.2, 0.25) is 0 Å². The summed E-state index contributed by atoms with van der Waals surface area (Å²) in [5.41, 5.74) is 0.459. The van der Waals surface area contributed by atoms with Crippen LogP contribution in [0.25, 0.3) is 0 Å². The van der Waals surface area contributed by atoms with Crippen molar-refractivity contribution in [2.75, 3.05) is 11.9 Å². The van der Waals surface area contributed by atoms with Gasteiger partial charge >= 0.3 is 0 Å². The lowest BCUT2D eigenvalue weighted by molar-refractivity contribution is -0.385. The summed E-state index contributed by atoms with van der Waals surface area (Å²) in [4.78, 5) is 13.6. The zero-order valence-corrected chi connectivity index (χ0v) is 7.67. The van der Waals surface area contributed by atoms with Crippen molar-refractivity contribution in [3.05, 3.63) is 28.6 Å². The highest BCUT2D eigenvalue weighted by Gasteiger charge is 2.06. The number of hydrogen-bond donors (Lipinski definition) is 2. The Morgan fingerprint density at radius 3 is 3.00 bits per heavy atom. The Morgan fingerprint density at radius 1 is 1.71 bits per heavy atom. The standard InChI is InChI=1S/C8H11N3O3/c1-6(12)3-10-7-2-8(11(13)14)5-9-4-7/h2,4-6,10,12H,3H2,1H3. The van der Waals surface area contributed by atoms with E-state index in [1.807, 2.05) is 0 Å². The van der Waals surface area contributed by atoms with Crippen LogP contribution >= 0.6 is 0 Å². The zero-order chi connectivity index (χ0) is 10.6. The monoisotopic (exact) mass is 197 g/mol. The minimum Gasteiger partial charge on any atom is -0.392 e. The van der Waals surface area contributed by atoms with Crippen molar-refractivity contribution in [1.29, 1.82) is 0 Å². The number of rotatable bonds is 4. The first-order valence-corrected chi connectivity index (χ1v) is 4.11. The van der Waals surface area contributed by atoms with Gasteiger partial charge in [-0.25, -0.2) is 0 Å². The Balaban J connectivity index is 2.69. The van der Waals surface area contributed by atoms with E-state index in [0.717, 1.165) is 0 Å². The molecule has 1 unspecified atom stereocenters. The normalized spacial score (nSPS) is 12.1. The van der Waals surface area contributed by atoms with E-state index < -0.39 is 11.0 Å². The van der Waals surface area contributed by atoms with Crippen molar-refractivity contribution in [3.8, 4) is 0 Å². The van der Waals surface area contributed by atoms with E-state index in [2.05, 4.69) is 10.3 Å². The SMILES string of the molecule is CC(O)CNc1cncc([N+](=O)[O-])c1. The summed E-state index contributed by atoms with van der Waals surface area (Å²) in [6.45, 7) is 1.96. The Hall–Kier alpha value is -1.69. The van der Waals surface area contributed by atoms with Crippen LogP contribution in [0.4, 0.5) is 11.4 Å². The van der Waals surface area contributed by atoms with Gasteiger partial charge in [0.05, 0.1) is 22.9 Å². The average molecular weight is 197 g/mol. The van der Waals surface area contributed by atoms with Crippen molar-refractivity contribution in [3.63, 3.8) is 0 Å². The first kappa shape index (κ1) is 10.4. The lowest BCUT2D eigenvalue weighted by Crippen LogP contribution is -2.15. The number of aromatic nitrogens is 1. The summed E-state index contributed by atoms with van der Waals surface area (Å²) >= 11 is 0. The molecule has 6 heteroatoms. The summed E-state index contributed by atoms with van der Waals surface area (Å²) < 4.78 is 0. The van der Waals surface area contributed by atoms with Crippen LogP contribution in [-0.2, 0) is 0 Å². The first-order valence-electron chi connectivity index (χ1n) is 4.11. The van der Waals surface area contributed by atoms with E-state index in [-0.39, 0.29) is 5.69 Å². The lowest BCUT2D eigenvalue weighted by atomic mass is 10.3. The van der Waals surface area contributed by atoms with E-state index in [4.69, 9.17) is 5.11 Å². The highest BCUT2D eigenvalue weighted by molar-refractivity contribution is 5.47. The van der Waals surface area contributed by atoms with Gasteiger partial charge in [0.25, 0.3) is 5.69 Å². The molecular weight excluding hydrogens is 186 g/mol. The summed E-state index contributed by atoms with van der Waals surface area (Å²) in [5.74, 6) is 0. The molecule has 0 aliphatic heterocycles. The van der Waals surface area contributed by atoms with Crippen molar-refractivity contribution >= 4 is 11.4 Å². The number of hydrogen-bond acceptors (Lipinski definition) is 5. The molecular formula is C8H11N3O3. The van der Waals surface area contributed by atoms with Gasteiger partial charge in [-0.05, 0) is 6.92 Å². The molecule has 1 atom stereocenters. The van der Waals surface area contributed by atoms with E-state index in [1.165, 1.54) is 18.5 Å². The van der Waals surface area contributed by atoms with Crippen LogP contribution in [0, 0.1) is 10.1 Å². The Bertz CT molecular complexity index is 327. The van der Waals surface area contributed by atoms with E-state index in [9.17, 15) is 10.1 Å². The Morgan fingerprint density at radius 2 is 2.43 bits per heavy atom. The number of aliphatic hydroxyl groups is 1. The van der Waals surface area contributed by atoms with Gasteiger partial charge in [-0.2, -0.15) is 0 Å². The minimum absolute atomic E-state index is 0.0689. The zero-order valence-electron chi connectivity index (χ0n) is 7.67. The lowest BCUT2D eigenvalue weighted by Gasteiger charge is -2.06. The molecule has 2 N–H and O–H groups in total. The van der Waals surface area contributed by atoms with Gasteiger partial charge in [-0.1, -0.05) is 0 Å². The van der Waals surface area contributed by atoms with Gasteiger partial charge in [-0.15, -0.1) is 0 Å². The maximum atomic E-state index is 10.4. The van der Waals surface area contributed by atoms with E-state index in [0.29, 0.717) is 12.2 Å². The van der Waals surface area contributed by atoms with Gasteiger partial charge in [-0.3, -0.25) is 15.1 Å². The molecule has 0 aromatic carbocycles. The third-order valence-electron chi connectivity index (χ3n) is 1.54. The number of pyridine rings is 1. The molecule has 1 heterocycles. The fourth-order valence-electron chi connectivity index (χ4n) is 0.890. The van der Waals surface area contributed by atoms with Gasteiger partial charge < -0.3 is 10.4 Å². The summed E-state index contributed by atoms with van der Waals surface area (Å²) in [5, 5.41) is 22.2. The summed E-state index contributed by atoms with van der Waals surface area (Å²) in [7, 11) is 0. The number of nitrogens with zero attached hydrogens (tertiary/aromatic N) is 2. The molecule has 6 nitrogen and oxygen atoms in total. The minimum atomic E-state index is -0.513. The fourth-order valence-corrected chi connectivity index (χ4v) is 0.890. The van der Waals surface area contributed by atoms with Gasteiger partial charge in [0, 0.05) is 12.6 Å². The molecule has 1 rings (SSSR count). The van der Waals surface area contributed by atoms with Crippen molar-refractivity contribution in [1.82, 2.24) is 4.98 Å². The van der Waals surface area contributed by atoms with Crippen LogP contribution in [0.1, 0.15) is 6.92 Å². The smallest absolute Gasteiger partial charge is 0.289 e. The van der Waals surface area contributed by atoms with Crippen LogP contribution in [0.3, 0.4) is 0 Å². The quantitative estimate of drug-likeness (QED) is 0.550. The van der Waals surface area contributed by atoms with Crippen LogP contribution in [-0.4, -0.2) is 27.7 Å². The molecule has 0 spiro atoms. The molecule has 1 aromatic heterocycles. The Kier molecular flexibility index (Phi) is 3.35. The molecule has 0 radical (unpaired) electrons. The Labute approximate surface area is 80.7 Å². The van der Waals surface area contributed by atoms with Crippen LogP contribution < -0.4 is 5.32 Å². The second kappa shape index (κ2) is 4.52. The molecule has 76 valence electrons. The van der Waals surface area contributed by atoms with Crippen molar-refractivity contribution in [2.24, 2.45) is 0 Å². The average Bonchev–Trinajstić information content (AvgIpc) is 2.15. The summed E-state index contributed by atoms with van der Waals surface area (Å²) in [6.07, 6.45) is 2.14. The number of nitrogens with one attached hydrogen (secondary N) is 1. The molecule has 0 bridgehead atoms. The third kappa shape index (κ3) is 2.98. The molecule has 0 aliphatic rings. The molecule has 14 heavy (non-hydrogen) atoms. The molecule has 0 fully saturated rings. The van der Waals surface area contributed by atoms with E-state index >= 15 is 0 Å². The summed E-state index contributed by atoms with van der Waals surface area (Å²) in [6, 6.07) is 1.37. The van der Waals surface area contributed by atoms with Crippen LogP contribution in [0.15, 0.2) is 18.5 Å². The predicted octanol–water partition coefficient (Wildman–Crippen LogP) is 0.782. The van der Waals surface area contributed by atoms with Gasteiger partial charge in [0.1, 0.15) is 6.20 Å². The number of aliphatic hydroxyl groups excluding tert-OH is 1. The molecule has 0 saturated heterocycles. The van der Waals surface area contributed by atoms with Crippen molar-refractivity contribution in [2.45, 2.75) is 13.0 Å². The van der Waals surface area contributed by atoms with Gasteiger partial charge in [0.15, 0.2) is 0 Å². The molecule has 0 aliphatic carbocycles. The topological polar surface area (TPSA) is 88.3 Å². The first-order chi connectivity index (χ1) is 6.59. The second-order valence-electron chi connectivity index (χ2n) is 2.92. The molecule has 0 amide bonds. The maximum absolute atomic E-state index is 10.4. The maximum Gasteiger partial charge on any atom is 0.289 e. The number of nitro groups is 1. The van der Waals surface area contributed by atoms with Crippen molar-refractivity contribution < 1.29 is 10.0 Å². The highest BCUT2D eigenvalue weighted by atomic mass is 16.6. The number of anilines is 1. The molecule has 1 aromatic rings. The van der Waals surface area contributed by atoms with E-state index in [1.54, 1.807) is 6.92 Å². The van der Waals surface area contributed by atoms with Gasteiger partial charge in [0.2, 0.25) is 0 Å². The second-order valence-corrected chi connectivity index (χ2v) is 2.92.